The second-order valence-corrected chi connectivity index (χ2v) is 7.57. The van der Waals surface area contributed by atoms with Crippen LogP contribution in [0, 0.1) is 35.0 Å². The fourth-order valence-electron chi connectivity index (χ4n) is 4.93. The molecule has 3 saturated carbocycles. The van der Waals surface area contributed by atoms with E-state index in [9.17, 15) is 0 Å². The van der Waals surface area contributed by atoms with Gasteiger partial charge in [0, 0.05) is 2.74 Å². The van der Waals surface area contributed by atoms with Crippen molar-refractivity contribution < 1.29 is 2.74 Å². The first kappa shape index (κ1) is 9.00. The summed E-state index contributed by atoms with van der Waals surface area (Å²) in [6.07, 6.45) is 7.01. The summed E-state index contributed by atoms with van der Waals surface area (Å²) in [4.78, 5) is 0. The molecule has 0 saturated heterocycles. The molecule has 0 heteroatoms. The second-order valence-electron chi connectivity index (χ2n) is 7.57. The Balaban J connectivity index is 1.75. The van der Waals surface area contributed by atoms with Crippen LogP contribution in [0.1, 0.15) is 68.4 Å². The highest BCUT2D eigenvalue weighted by atomic mass is 14.5. The number of hydrogen-bond acceptors (Lipinski definition) is 0. The molecular formula is C16H28. The molecule has 0 heterocycles. The second kappa shape index (κ2) is 3.75. The maximum absolute atomic E-state index is 8.52. The van der Waals surface area contributed by atoms with Crippen molar-refractivity contribution in [2.45, 2.75) is 65.7 Å². The van der Waals surface area contributed by atoms with Crippen molar-refractivity contribution in [1.82, 2.24) is 0 Å². The third-order valence-corrected chi connectivity index (χ3v) is 5.32. The molecule has 0 aromatic rings. The largest absolute Gasteiger partial charge is 0.0602 e. The smallest absolute Gasteiger partial charge is 0.0275 e. The van der Waals surface area contributed by atoms with Gasteiger partial charge in [-0.1, -0.05) is 27.2 Å². The molecule has 3 aliphatic rings. The summed E-state index contributed by atoms with van der Waals surface area (Å²) in [6.45, 7) is 6.21. The van der Waals surface area contributed by atoms with E-state index in [0.29, 0.717) is 5.92 Å². The van der Waals surface area contributed by atoms with Crippen LogP contribution in [0.4, 0.5) is 0 Å². The molecule has 2 bridgehead atoms. The van der Waals surface area contributed by atoms with E-state index in [-0.39, 0.29) is 5.41 Å². The Hall–Kier alpha value is 0. The minimum atomic E-state index is -1.00. The van der Waals surface area contributed by atoms with Crippen LogP contribution >= 0.6 is 0 Å². The van der Waals surface area contributed by atoms with Crippen molar-refractivity contribution in [1.29, 1.82) is 0 Å². The molecule has 5 unspecified atom stereocenters. The first-order chi connectivity index (χ1) is 8.30. The monoisotopic (exact) mass is 222 g/mol. The van der Waals surface area contributed by atoms with Crippen molar-refractivity contribution in [3.8, 4) is 0 Å². The van der Waals surface area contributed by atoms with E-state index in [4.69, 9.17) is 2.74 Å². The predicted octanol–water partition coefficient (Wildman–Crippen LogP) is 4.89. The van der Waals surface area contributed by atoms with Gasteiger partial charge in [0.2, 0.25) is 0 Å². The van der Waals surface area contributed by atoms with Gasteiger partial charge >= 0.3 is 0 Å². The highest BCUT2D eigenvalue weighted by molar-refractivity contribution is 4.99. The average Bonchev–Trinajstić information content (AvgIpc) is 2.87. The van der Waals surface area contributed by atoms with Gasteiger partial charge in [0.05, 0.1) is 0 Å². The molecule has 5 atom stereocenters. The van der Waals surface area contributed by atoms with Crippen LogP contribution in [0.5, 0.6) is 0 Å². The van der Waals surface area contributed by atoms with Crippen LogP contribution in [0.15, 0.2) is 0 Å². The van der Waals surface area contributed by atoms with E-state index in [1.807, 2.05) is 0 Å². The van der Waals surface area contributed by atoms with Gasteiger partial charge in [0.15, 0.2) is 0 Å². The molecule has 3 rings (SSSR count). The third-order valence-electron chi connectivity index (χ3n) is 5.32. The number of hydrogen-bond donors (Lipinski definition) is 0. The molecule has 0 radical (unpaired) electrons. The summed E-state index contributed by atoms with van der Waals surface area (Å²) < 4.78 is 17.0. The van der Waals surface area contributed by atoms with Gasteiger partial charge in [-0.3, -0.25) is 0 Å². The van der Waals surface area contributed by atoms with Gasteiger partial charge in [-0.25, -0.2) is 0 Å². The zero-order valence-corrected chi connectivity index (χ0v) is 11.1. The third kappa shape index (κ3) is 1.93. The van der Waals surface area contributed by atoms with Crippen molar-refractivity contribution in [3.05, 3.63) is 0 Å². The summed E-state index contributed by atoms with van der Waals surface area (Å²) in [7, 11) is 0. The minimum absolute atomic E-state index is 0.220. The Kier molecular flexibility index (Phi) is 2.11. The topological polar surface area (TPSA) is 0 Å². The highest BCUT2D eigenvalue weighted by Gasteiger charge is 2.49. The first-order valence-corrected chi connectivity index (χ1v) is 7.30. The van der Waals surface area contributed by atoms with Crippen LogP contribution in [-0.4, -0.2) is 0 Å². The number of fused-ring (bicyclic) bond motifs is 5. The molecule has 0 nitrogen and oxygen atoms in total. The molecule has 0 amide bonds. The fourth-order valence-corrected chi connectivity index (χ4v) is 4.93. The van der Waals surface area contributed by atoms with Crippen molar-refractivity contribution in [2.75, 3.05) is 0 Å². The SMILES string of the molecule is [2H]C([2H])(C1CCC2C3CCC(C3)C2C1)C(C)(C)C. The van der Waals surface area contributed by atoms with Gasteiger partial charge in [0.25, 0.3) is 0 Å². The van der Waals surface area contributed by atoms with Gasteiger partial charge in [-0.2, -0.15) is 0 Å². The van der Waals surface area contributed by atoms with Crippen LogP contribution in [0.3, 0.4) is 0 Å². The lowest BCUT2D eigenvalue weighted by molar-refractivity contribution is 0.0981. The van der Waals surface area contributed by atoms with E-state index in [0.717, 1.165) is 30.1 Å². The average molecular weight is 222 g/mol. The summed E-state index contributed by atoms with van der Waals surface area (Å²) in [5.74, 6) is 4.12. The van der Waals surface area contributed by atoms with Crippen molar-refractivity contribution >= 4 is 0 Å². The van der Waals surface area contributed by atoms with E-state index in [2.05, 4.69) is 20.8 Å². The highest BCUT2D eigenvalue weighted by Crippen LogP contribution is 2.59. The lowest BCUT2D eigenvalue weighted by atomic mass is 9.65. The number of rotatable bonds is 1. The van der Waals surface area contributed by atoms with Crippen molar-refractivity contribution in [2.24, 2.45) is 35.0 Å². The molecule has 3 aliphatic carbocycles. The zero-order valence-electron chi connectivity index (χ0n) is 13.1. The fraction of sp³-hybridized carbons (Fsp3) is 1.00. The molecule has 0 N–H and O–H groups in total. The molecule has 0 aromatic carbocycles. The quantitative estimate of drug-likeness (QED) is 0.593. The maximum atomic E-state index is 8.52. The minimum Gasteiger partial charge on any atom is -0.0602 e. The molecular weight excluding hydrogens is 192 g/mol. The lowest BCUT2D eigenvalue weighted by Gasteiger charge is -2.40. The van der Waals surface area contributed by atoms with E-state index in [1.165, 1.54) is 32.1 Å². The molecule has 92 valence electrons. The Bertz CT molecular complexity index is 328. The van der Waals surface area contributed by atoms with Crippen LogP contribution in [0.25, 0.3) is 0 Å². The van der Waals surface area contributed by atoms with Gasteiger partial charge in [-0.05, 0) is 73.5 Å². The van der Waals surface area contributed by atoms with E-state index in [1.54, 1.807) is 0 Å². The maximum Gasteiger partial charge on any atom is 0.0275 e. The molecule has 16 heavy (non-hydrogen) atoms. The van der Waals surface area contributed by atoms with E-state index >= 15 is 0 Å². The van der Waals surface area contributed by atoms with Gasteiger partial charge < -0.3 is 0 Å². The van der Waals surface area contributed by atoms with Crippen molar-refractivity contribution in [3.63, 3.8) is 0 Å². The Morgan fingerprint density at radius 2 is 1.62 bits per heavy atom. The summed E-state index contributed by atoms with van der Waals surface area (Å²) in [5.41, 5.74) is -0.220. The Labute approximate surface area is 104 Å². The summed E-state index contributed by atoms with van der Waals surface area (Å²) in [5, 5.41) is 0. The molecule has 0 aromatic heterocycles. The van der Waals surface area contributed by atoms with Gasteiger partial charge in [-0.15, -0.1) is 0 Å². The first-order valence-electron chi connectivity index (χ1n) is 8.30. The van der Waals surface area contributed by atoms with E-state index < -0.39 is 6.37 Å². The van der Waals surface area contributed by atoms with Crippen LogP contribution < -0.4 is 0 Å². The normalized spacial score (nSPS) is 49.8. The predicted molar refractivity (Wildman–Crippen MR) is 69.2 cm³/mol. The summed E-state index contributed by atoms with van der Waals surface area (Å²) in [6, 6.07) is 0. The van der Waals surface area contributed by atoms with Crippen LogP contribution in [0.2, 0.25) is 0 Å². The molecule has 0 aliphatic heterocycles. The van der Waals surface area contributed by atoms with Gasteiger partial charge in [0.1, 0.15) is 0 Å². The Morgan fingerprint density at radius 3 is 2.31 bits per heavy atom. The molecule has 3 fully saturated rings. The Morgan fingerprint density at radius 1 is 0.938 bits per heavy atom. The van der Waals surface area contributed by atoms with Crippen LogP contribution in [-0.2, 0) is 0 Å². The molecule has 0 spiro atoms. The summed E-state index contributed by atoms with van der Waals surface area (Å²) >= 11 is 0. The lowest BCUT2D eigenvalue weighted by Crippen LogP contribution is -2.31. The zero-order chi connectivity index (χ0) is 13.1. The standard InChI is InChI=1S/C16H28/c1-16(2,3)10-11-4-7-14-12-5-6-13(9-12)15(14)8-11/h11-15H,4-10H2,1-3H3/i10D2.